The Kier molecular flexibility index (Phi) is 11.8. The van der Waals surface area contributed by atoms with Gasteiger partial charge in [-0.15, -0.1) is 0 Å². The second-order valence-corrected chi connectivity index (χ2v) is 16.0. The van der Waals surface area contributed by atoms with E-state index in [1.165, 1.54) is 44.7 Å². The molecule has 2 N–H and O–H groups in total. The molecule has 0 spiro atoms. The normalized spacial score (nSPS) is 34.8. The zero-order valence-electron chi connectivity index (χ0n) is 29.8. The van der Waals surface area contributed by atoms with Crippen molar-refractivity contribution in [3.8, 4) is 0 Å². The first-order valence-corrected chi connectivity index (χ1v) is 18.1. The van der Waals surface area contributed by atoms with Gasteiger partial charge in [0.25, 0.3) is 0 Å². The van der Waals surface area contributed by atoms with Crippen LogP contribution in [-0.4, -0.2) is 60.6 Å². The smallest absolute Gasteiger partial charge is 0.410 e. The van der Waals surface area contributed by atoms with E-state index in [-0.39, 0.29) is 30.7 Å². The number of aliphatic hydroxyl groups excluding tert-OH is 1. The van der Waals surface area contributed by atoms with Gasteiger partial charge in [0.05, 0.1) is 13.2 Å². The van der Waals surface area contributed by atoms with Crippen LogP contribution in [0.5, 0.6) is 0 Å². The van der Waals surface area contributed by atoms with Gasteiger partial charge in [-0.2, -0.15) is 0 Å². The number of nitrogens with zero attached hydrogens (tertiary/aromatic N) is 1. The summed E-state index contributed by atoms with van der Waals surface area (Å²) in [7, 11) is 1.47. The maximum Gasteiger partial charge on any atom is 0.410 e. The number of ether oxygens (including phenoxy) is 2. The molecule has 3 saturated carbocycles. The number of nitrogens with one attached hydrogen (secondary N) is 1. The quantitative estimate of drug-likeness (QED) is 0.225. The molecule has 0 aliphatic heterocycles. The average Bonchev–Trinajstić information content (AvgIpc) is 3.36. The molecular formula is C38H64N2O5. The number of alkyl carbamates (subject to hydrolysis) is 1. The summed E-state index contributed by atoms with van der Waals surface area (Å²) in [6.07, 6.45) is 16.1. The Bertz CT molecular complexity index is 1090. The lowest BCUT2D eigenvalue weighted by molar-refractivity contribution is -0.0574. The predicted octanol–water partition coefficient (Wildman–Crippen LogP) is 8.37. The van der Waals surface area contributed by atoms with Crippen molar-refractivity contribution in [1.82, 2.24) is 10.2 Å². The van der Waals surface area contributed by atoms with Crippen LogP contribution < -0.4 is 5.32 Å². The van der Waals surface area contributed by atoms with Crippen LogP contribution in [0, 0.1) is 52.3 Å². The predicted molar refractivity (Wildman–Crippen MR) is 181 cm³/mol. The first-order chi connectivity index (χ1) is 21.3. The van der Waals surface area contributed by atoms with Crippen molar-refractivity contribution < 1.29 is 24.2 Å². The van der Waals surface area contributed by atoms with E-state index in [0.717, 1.165) is 43.4 Å². The van der Waals surface area contributed by atoms with Crippen molar-refractivity contribution >= 4 is 12.2 Å². The Morgan fingerprint density at radius 1 is 1.07 bits per heavy atom. The minimum Gasteiger partial charge on any atom is -0.446 e. The van der Waals surface area contributed by atoms with E-state index in [2.05, 4.69) is 65.1 Å². The van der Waals surface area contributed by atoms with Crippen LogP contribution in [0.2, 0.25) is 0 Å². The third kappa shape index (κ3) is 7.44. The molecule has 4 aliphatic carbocycles. The number of amides is 2. The highest BCUT2D eigenvalue weighted by molar-refractivity contribution is 5.69. The van der Waals surface area contributed by atoms with Gasteiger partial charge in [0.1, 0.15) is 12.2 Å². The molecule has 4 unspecified atom stereocenters. The maximum atomic E-state index is 13.3. The van der Waals surface area contributed by atoms with E-state index >= 15 is 0 Å². The van der Waals surface area contributed by atoms with Gasteiger partial charge >= 0.3 is 12.2 Å². The number of carbonyl (C=O) groups is 2. The minimum atomic E-state index is -0.813. The Hall–Kier alpha value is -2.02. The molecule has 3 fully saturated rings. The van der Waals surface area contributed by atoms with Crippen LogP contribution in [0.4, 0.5) is 9.59 Å². The molecule has 0 radical (unpaired) electrons. The number of hydrogen-bond acceptors (Lipinski definition) is 5. The Morgan fingerprint density at radius 2 is 1.80 bits per heavy atom. The fourth-order valence-corrected chi connectivity index (χ4v) is 10.2. The van der Waals surface area contributed by atoms with Crippen LogP contribution in [0.1, 0.15) is 113 Å². The topological polar surface area (TPSA) is 88.1 Å². The van der Waals surface area contributed by atoms with E-state index in [0.29, 0.717) is 29.1 Å². The summed E-state index contributed by atoms with van der Waals surface area (Å²) in [5, 5.41) is 12.1. The van der Waals surface area contributed by atoms with Crippen LogP contribution in [0.15, 0.2) is 23.8 Å². The minimum absolute atomic E-state index is 0.0871. The molecule has 2 amide bonds. The summed E-state index contributed by atoms with van der Waals surface area (Å²) in [4.78, 5) is 26.6. The number of aliphatic hydroxyl groups is 1. The molecule has 0 aromatic heterocycles. The highest BCUT2D eigenvalue weighted by Gasteiger charge is 2.59. The van der Waals surface area contributed by atoms with Crippen LogP contribution in [-0.2, 0) is 9.47 Å². The van der Waals surface area contributed by atoms with Gasteiger partial charge < -0.3 is 24.8 Å². The van der Waals surface area contributed by atoms with Gasteiger partial charge in [-0.05, 0) is 117 Å². The van der Waals surface area contributed by atoms with E-state index in [1.807, 2.05) is 13.8 Å². The number of rotatable bonds is 11. The molecule has 10 atom stereocenters. The standard InChI is InChI=1S/C38H64N2O5/c1-10-27(24(2)3)12-11-26(6)32-15-16-33-31-14-13-28-21-29(17-19-37(28,7)34(31)18-20-38(32,33)8)45-36(43)40(25(4)5)22-30(23-41)44-35(42)39-9/h11-13,24-27,29-34,41H,10,14-23H2,1-9H3,(H,39,42)/t26-,27-,29+,30?,31?,32-,33?,34?,37+,38-/m1/s1. The SMILES string of the molecule is CC[C@H](C=C[C@@H](C)[C@H]1CCC2C3CC=C4C[C@@H](OC(=O)N(CC(CO)OC(=O)NC)C(C)C)CC[C@]4(C)C3CC[C@@]21C)C(C)C. The van der Waals surface area contributed by atoms with Crippen molar-refractivity contribution in [3.63, 3.8) is 0 Å². The van der Waals surface area contributed by atoms with Crippen molar-refractivity contribution in [2.75, 3.05) is 20.2 Å². The van der Waals surface area contributed by atoms with Gasteiger partial charge in [-0.1, -0.05) is 65.3 Å². The number of carbonyl (C=O) groups excluding carboxylic acids is 2. The fraction of sp³-hybridized carbons (Fsp3) is 0.842. The summed E-state index contributed by atoms with van der Waals surface area (Å²) < 4.78 is 11.3. The Morgan fingerprint density at radius 3 is 2.42 bits per heavy atom. The molecular weight excluding hydrogens is 564 g/mol. The second-order valence-electron chi connectivity index (χ2n) is 16.0. The van der Waals surface area contributed by atoms with Crippen molar-refractivity contribution in [3.05, 3.63) is 23.8 Å². The molecule has 0 saturated heterocycles. The Balaban J connectivity index is 1.41. The highest BCUT2D eigenvalue weighted by Crippen LogP contribution is 2.67. The summed E-state index contributed by atoms with van der Waals surface area (Å²) in [5.41, 5.74) is 2.10. The van der Waals surface area contributed by atoms with Crippen molar-refractivity contribution in [2.24, 2.45) is 52.3 Å². The second kappa shape index (κ2) is 14.8. The monoisotopic (exact) mass is 628 g/mol. The van der Waals surface area contributed by atoms with Gasteiger partial charge in [0, 0.05) is 19.5 Å². The number of allylic oxidation sites excluding steroid dienone is 3. The lowest BCUT2D eigenvalue weighted by Crippen LogP contribution is -2.51. The fourth-order valence-electron chi connectivity index (χ4n) is 10.2. The van der Waals surface area contributed by atoms with Crippen LogP contribution in [0.3, 0.4) is 0 Å². The Labute approximate surface area is 273 Å². The molecule has 0 aromatic rings. The largest absolute Gasteiger partial charge is 0.446 e. The summed E-state index contributed by atoms with van der Waals surface area (Å²) in [6, 6.07) is -0.156. The third-order valence-corrected chi connectivity index (χ3v) is 13.0. The van der Waals surface area contributed by atoms with Crippen LogP contribution >= 0.6 is 0 Å². The third-order valence-electron chi connectivity index (χ3n) is 13.0. The van der Waals surface area contributed by atoms with Gasteiger partial charge in [0.2, 0.25) is 0 Å². The zero-order valence-corrected chi connectivity index (χ0v) is 29.8. The molecule has 7 nitrogen and oxygen atoms in total. The van der Waals surface area contributed by atoms with E-state index in [9.17, 15) is 14.7 Å². The van der Waals surface area contributed by atoms with E-state index in [1.54, 1.807) is 4.90 Å². The summed E-state index contributed by atoms with van der Waals surface area (Å²) in [5.74, 6) is 5.04. The van der Waals surface area contributed by atoms with E-state index in [4.69, 9.17) is 9.47 Å². The first kappa shape index (κ1) is 35.8. The molecule has 45 heavy (non-hydrogen) atoms. The van der Waals surface area contributed by atoms with Crippen molar-refractivity contribution in [1.29, 1.82) is 0 Å². The maximum absolute atomic E-state index is 13.3. The van der Waals surface area contributed by atoms with Gasteiger partial charge in [0.15, 0.2) is 0 Å². The molecule has 0 aromatic carbocycles. The molecule has 256 valence electrons. The summed E-state index contributed by atoms with van der Waals surface area (Å²) in [6.45, 7) is 18.2. The molecule has 4 rings (SSSR count). The van der Waals surface area contributed by atoms with Crippen molar-refractivity contribution in [2.45, 2.75) is 131 Å². The molecule has 4 aliphatic rings. The zero-order chi connectivity index (χ0) is 33.1. The summed E-state index contributed by atoms with van der Waals surface area (Å²) >= 11 is 0. The molecule has 0 heterocycles. The molecule has 7 heteroatoms. The highest BCUT2D eigenvalue weighted by atomic mass is 16.6. The number of hydrogen-bond donors (Lipinski definition) is 2. The molecule has 0 bridgehead atoms. The average molecular weight is 629 g/mol. The van der Waals surface area contributed by atoms with Gasteiger partial charge in [-0.3, -0.25) is 0 Å². The number of fused-ring (bicyclic) bond motifs is 5. The lowest BCUT2D eigenvalue weighted by atomic mass is 9.47. The lowest BCUT2D eigenvalue weighted by Gasteiger charge is -2.58. The van der Waals surface area contributed by atoms with Gasteiger partial charge in [-0.25, -0.2) is 9.59 Å². The first-order valence-electron chi connectivity index (χ1n) is 18.1. The van der Waals surface area contributed by atoms with Crippen LogP contribution in [0.25, 0.3) is 0 Å². The van der Waals surface area contributed by atoms with E-state index < -0.39 is 18.3 Å².